The second kappa shape index (κ2) is 5.31. The van der Waals surface area contributed by atoms with Gasteiger partial charge >= 0.3 is 0 Å². The van der Waals surface area contributed by atoms with E-state index in [0.717, 1.165) is 30.2 Å². The number of anilines is 1. The number of aliphatic hydroxyl groups excluding tert-OH is 1. The van der Waals surface area contributed by atoms with Gasteiger partial charge < -0.3 is 10.0 Å². The molecule has 112 valence electrons. The zero-order chi connectivity index (χ0) is 14.2. The van der Waals surface area contributed by atoms with E-state index in [-0.39, 0.29) is 6.61 Å². The molecule has 0 spiro atoms. The summed E-state index contributed by atoms with van der Waals surface area (Å²) >= 11 is 0. The largest absolute Gasteiger partial charge is 0.390 e. The fourth-order valence-corrected chi connectivity index (χ4v) is 3.77. The molecule has 0 aromatic carbocycles. The van der Waals surface area contributed by atoms with Crippen molar-refractivity contribution in [1.82, 2.24) is 14.3 Å². The summed E-state index contributed by atoms with van der Waals surface area (Å²) in [6.45, 7) is 4.60. The predicted molar refractivity (Wildman–Crippen MR) is 82.5 cm³/mol. The number of aliphatic hydroxyl groups is 1. The fourth-order valence-electron chi connectivity index (χ4n) is 3.77. The van der Waals surface area contributed by atoms with Gasteiger partial charge in [-0.05, 0) is 44.5 Å². The molecule has 2 aliphatic rings. The molecule has 5 heteroatoms. The summed E-state index contributed by atoms with van der Waals surface area (Å²) in [6.07, 6.45) is 5.86. The van der Waals surface area contributed by atoms with Crippen LogP contribution in [0.3, 0.4) is 0 Å². The van der Waals surface area contributed by atoms with Crippen LogP contribution in [-0.2, 0) is 6.61 Å². The Kier molecular flexibility index (Phi) is 3.31. The van der Waals surface area contributed by atoms with Crippen molar-refractivity contribution in [3.63, 3.8) is 0 Å². The number of imidazole rings is 1. The maximum atomic E-state index is 9.75. The number of pyridine rings is 1. The van der Waals surface area contributed by atoms with Gasteiger partial charge in [-0.1, -0.05) is 6.07 Å². The summed E-state index contributed by atoms with van der Waals surface area (Å²) in [7, 11) is 0. The molecule has 0 aliphatic carbocycles. The van der Waals surface area contributed by atoms with Gasteiger partial charge in [-0.25, -0.2) is 4.98 Å². The molecule has 2 fully saturated rings. The molecule has 21 heavy (non-hydrogen) atoms. The Morgan fingerprint density at radius 1 is 1.19 bits per heavy atom. The van der Waals surface area contributed by atoms with E-state index in [1.54, 1.807) is 0 Å². The molecule has 1 N–H and O–H groups in total. The molecule has 2 aromatic heterocycles. The molecule has 0 amide bonds. The highest BCUT2D eigenvalue weighted by molar-refractivity contribution is 5.56. The van der Waals surface area contributed by atoms with Crippen molar-refractivity contribution >= 4 is 11.5 Å². The average molecular weight is 286 g/mol. The zero-order valence-corrected chi connectivity index (χ0v) is 12.3. The Morgan fingerprint density at radius 2 is 2.05 bits per heavy atom. The van der Waals surface area contributed by atoms with Crippen LogP contribution in [0.25, 0.3) is 5.65 Å². The maximum absolute atomic E-state index is 9.75. The lowest BCUT2D eigenvalue weighted by Gasteiger charge is -2.24. The maximum Gasteiger partial charge on any atom is 0.153 e. The summed E-state index contributed by atoms with van der Waals surface area (Å²) in [6, 6.07) is 6.62. The number of fused-ring (bicyclic) bond motifs is 1. The Morgan fingerprint density at radius 3 is 2.86 bits per heavy atom. The molecule has 1 unspecified atom stereocenters. The van der Waals surface area contributed by atoms with E-state index in [9.17, 15) is 5.11 Å². The minimum atomic E-state index is 0.0331. The normalized spacial score (nSPS) is 23.5. The van der Waals surface area contributed by atoms with Crippen LogP contribution in [0.4, 0.5) is 5.82 Å². The van der Waals surface area contributed by atoms with E-state index in [2.05, 4.69) is 9.80 Å². The first-order valence-electron chi connectivity index (χ1n) is 7.92. The molecule has 4 rings (SSSR count). The van der Waals surface area contributed by atoms with Gasteiger partial charge in [0, 0.05) is 25.3 Å². The van der Waals surface area contributed by atoms with Crippen molar-refractivity contribution in [3.05, 3.63) is 30.1 Å². The summed E-state index contributed by atoms with van der Waals surface area (Å²) < 4.78 is 2.00. The van der Waals surface area contributed by atoms with Crippen LogP contribution in [0.1, 0.15) is 25.0 Å². The quantitative estimate of drug-likeness (QED) is 0.929. The zero-order valence-electron chi connectivity index (χ0n) is 12.3. The third-order valence-electron chi connectivity index (χ3n) is 4.88. The van der Waals surface area contributed by atoms with E-state index in [1.165, 1.54) is 32.4 Å². The molecule has 0 radical (unpaired) electrons. The SMILES string of the molecule is OCc1c(N2CCC(N3CCCC3)C2)nc2ccccn12. The first kappa shape index (κ1) is 13.1. The van der Waals surface area contributed by atoms with Gasteiger partial charge in [-0.2, -0.15) is 0 Å². The smallest absolute Gasteiger partial charge is 0.153 e. The fraction of sp³-hybridized carbons (Fsp3) is 0.562. The van der Waals surface area contributed by atoms with E-state index in [4.69, 9.17) is 4.98 Å². The van der Waals surface area contributed by atoms with Crippen molar-refractivity contribution in [1.29, 1.82) is 0 Å². The molecule has 1 atom stereocenters. The van der Waals surface area contributed by atoms with Gasteiger partial charge in [0.05, 0.1) is 12.3 Å². The highest BCUT2D eigenvalue weighted by atomic mass is 16.3. The van der Waals surface area contributed by atoms with E-state index >= 15 is 0 Å². The molecular weight excluding hydrogens is 264 g/mol. The second-order valence-electron chi connectivity index (χ2n) is 6.10. The Labute approximate surface area is 124 Å². The number of nitrogens with zero attached hydrogens (tertiary/aromatic N) is 4. The lowest BCUT2D eigenvalue weighted by molar-refractivity contribution is 0.260. The van der Waals surface area contributed by atoms with Crippen molar-refractivity contribution < 1.29 is 5.11 Å². The first-order chi connectivity index (χ1) is 10.4. The van der Waals surface area contributed by atoms with Crippen LogP contribution in [-0.4, -0.2) is 51.6 Å². The summed E-state index contributed by atoms with van der Waals surface area (Å²) in [5.41, 5.74) is 1.83. The van der Waals surface area contributed by atoms with Crippen molar-refractivity contribution in [2.24, 2.45) is 0 Å². The molecule has 0 bridgehead atoms. The first-order valence-corrected chi connectivity index (χ1v) is 7.92. The van der Waals surface area contributed by atoms with Gasteiger partial charge in [0.2, 0.25) is 0 Å². The van der Waals surface area contributed by atoms with Crippen LogP contribution in [0.15, 0.2) is 24.4 Å². The lowest BCUT2D eigenvalue weighted by atomic mass is 10.2. The minimum Gasteiger partial charge on any atom is -0.390 e. The van der Waals surface area contributed by atoms with Gasteiger partial charge in [0.1, 0.15) is 5.65 Å². The van der Waals surface area contributed by atoms with Crippen molar-refractivity contribution in [2.75, 3.05) is 31.1 Å². The van der Waals surface area contributed by atoms with Crippen LogP contribution in [0.5, 0.6) is 0 Å². The summed E-state index contributed by atoms with van der Waals surface area (Å²) in [4.78, 5) is 9.71. The third kappa shape index (κ3) is 2.21. The Bertz CT molecular complexity index is 632. The topological polar surface area (TPSA) is 44.0 Å². The third-order valence-corrected chi connectivity index (χ3v) is 4.88. The molecule has 0 saturated carbocycles. The highest BCUT2D eigenvalue weighted by Gasteiger charge is 2.31. The summed E-state index contributed by atoms with van der Waals surface area (Å²) in [5, 5.41) is 9.75. The second-order valence-corrected chi connectivity index (χ2v) is 6.10. The van der Waals surface area contributed by atoms with Crippen LogP contribution in [0.2, 0.25) is 0 Å². The lowest BCUT2D eigenvalue weighted by Crippen LogP contribution is -2.35. The number of likely N-dealkylation sites (tertiary alicyclic amines) is 1. The monoisotopic (exact) mass is 286 g/mol. The summed E-state index contributed by atoms with van der Waals surface area (Å²) in [5.74, 6) is 0.963. The molecule has 2 saturated heterocycles. The molecule has 5 nitrogen and oxygen atoms in total. The predicted octanol–water partition coefficient (Wildman–Crippen LogP) is 1.50. The molecule has 2 aromatic rings. The van der Waals surface area contributed by atoms with Crippen molar-refractivity contribution in [2.45, 2.75) is 31.9 Å². The molecule has 2 aliphatic heterocycles. The van der Waals surface area contributed by atoms with Crippen LogP contribution >= 0.6 is 0 Å². The van der Waals surface area contributed by atoms with Crippen molar-refractivity contribution in [3.8, 4) is 0 Å². The minimum absolute atomic E-state index is 0.0331. The number of aromatic nitrogens is 2. The molecule has 4 heterocycles. The number of hydrogen-bond donors (Lipinski definition) is 1. The van der Waals surface area contributed by atoms with Gasteiger partial charge in [-0.15, -0.1) is 0 Å². The Balaban J connectivity index is 1.61. The average Bonchev–Trinajstić information content (AvgIpc) is 3.24. The van der Waals surface area contributed by atoms with Gasteiger partial charge in [0.25, 0.3) is 0 Å². The standard InChI is InChI=1S/C16H22N4O/c21-12-14-16(17-15-5-1-2-9-20(14)15)19-10-6-13(11-19)18-7-3-4-8-18/h1-2,5,9,13,21H,3-4,6-8,10-12H2. The number of rotatable bonds is 3. The van der Waals surface area contributed by atoms with E-state index in [0.29, 0.717) is 6.04 Å². The van der Waals surface area contributed by atoms with Gasteiger partial charge in [0.15, 0.2) is 5.82 Å². The van der Waals surface area contributed by atoms with Gasteiger partial charge in [-0.3, -0.25) is 9.30 Å². The van der Waals surface area contributed by atoms with E-state index in [1.807, 2.05) is 28.8 Å². The Hall–Kier alpha value is -1.59. The highest BCUT2D eigenvalue weighted by Crippen LogP contribution is 2.28. The number of hydrogen-bond acceptors (Lipinski definition) is 4. The van der Waals surface area contributed by atoms with E-state index < -0.39 is 0 Å². The van der Waals surface area contributed by atoms with Crippen LogP contribution in [0, 0.1) is 0 Å². The molecular formula is C16H22N4O. The van der Waals surface area contributed by atoms with Crippen LogP contribution < -0.4 is 4.90 Å².